The summed E-state index contributed by atoms with van der Waals surface area (Å²) in [5.41, 5.74) is 1.00. The van der Waals surface area contributed by atoms with Crippen molar-refractivity contribution in [1.82, 2.24) is 0 Å². The fourth-order valence-electron chi connectivity index (χ4n) is 5.41. The van der Waals surface area contributed by atoms with Crippen molar-refractivity contribution in [3.63, 3.8) is 0 Å². The third-order valence-electron chi connectivity index (χ3n) is 6.31. The Morgan fingerprint density at radius 3 is 2.56 bits per heavy atom. The Kier molecular flexibility index (Phi) is 3.22. The van der Waals surface area contributed by atoms with Crippen LogP contribution < -0.4 is 0 Å². The lowest BCUT2D eigenvalue weighted by molar-refractivity contribution is -0.111. The summed E-state index contributed by atoms with van der Waals surface area (Å²) in [5.74, 6) is 2.34. The molecule has 4 atom stereocenters. The van der Waals surface area contributed by atoms with E-state index in [1.165, 1.54) is 32.1 Å². The highest BCUT2D eigenvalue weighted by molar-refractivity contribution is 5.03. The van der Waals surface area contributed by atoms with Gasteiger partial charge in [0.05, 0.1) is 13.2 Å². The van der Waals surface area contributed by atoms with Crippen LogP contribution in [-0.4, -0.2) is 20.0 Å². The van der Waals surface area contributed by atoms with E-state index in [1.54, 1.807) is 0 Å². The van der Waals surface area contributed by atoms with Crippen LogP contribution in [0.5, 0.6) is 0 Å². The van der Waals surface area contributed by atoms with Gasteiger partial charge in [-0.05, 0) is 54.3 Å². The quantitative estimate of drug-likeness (QED) is 0.652. The van der Waals surface area contributed by atoms with Gasteiger partial charge in [0.1, 0.15) is 6.79 Å². The molecule has 1 heterocycles. The minimum Gasteiger partial charge on any atom is -0.355 e. The molecule has 2 aliphatic carbocycles. The molecule has 2 heteroatoms. The van der Waals surface area contributed by atoms with Crippen LogP contribution >= 0.6 is 0 Å². The zero-order valence-corrected chi connectivity index (χ0v) is 12.2. The van der Waals surface area contributed by atoms with Crippen LogP contribution in [-0.2, 0) is 9.47 Å². The number of hydrogen-bond donors (Lipinski definition) is 0. The van der Waals surface area contributed by atoms with Crippen molar-refractivity contribution >= 4 is 0 Å². The SMILES string of the molecule is CC1(C)CCC[C@@]2(C)C1CC[C@@H]1COCOC[C@@H]12. The summed E-state index contributed by atoms with van der Waals surface area (Å²) in [6.45, 7) is 9.88. The molecule has 3 rings (SSSR count). The van der Waals surface area contributed by atoms with E-state index in [4.69, 9.17) is 9.47 Å². The van der Waals surface area contributed by atoms with Crippen molar-refractivity contribution in [3.05, 3.63) is 0 Å². The molecule has 1 unspecified atom stereocenters. The zero-order valence-electron chi connectivity index (χ0n) is 12.2. The highest BCUT2D eigenvalue weighted by atomic mass is 16.7. The van der Waals surface area contributed by atoms with Crippen molar-refractivity contribution in [2.45, 2.75) is 52.9 Å². The lowest BCUT2D eigenvalue weighted by Gasteiger charge is -2.59. The molecule has 1 aliphatic heterocycles. The smallest absolute Gasteiger partial charge is 0.146 e. The Morgan fingerprint density at radius 2 is 1.72 bits per heavy atom. The summed E-state index contributed by atoms with van der Waals surface area (Å²) in [6, 6.07) is 0. The maximum absolute atomic E-state index is 5.72. The summed E-state index contributed by atoms with van der Waals surface area (Å²) in [5, 5.41) is 0. The highest BCUT2D eigenvalue weighted by Gasteiger charge is 2.54. The van der Waals surface area contributed by atoms with Gasteiger partial charge in [0.2, 0.25) is 0 Å². The number of rotatable bonds is 0. The third-order valence-corrected chi connectivity index (χ3v) is 6.31. The first kappa shape index (κ1) is 12.9. The van der Waals surface area contributed by atoms with Crippen molar-refractivity contribution in [2.75, 3.05) is 20.0 Å². The minimum absolute atomic E-state index is 0.484. The first-order valence-electron chi connectivity index (χ1n) is 7.69. The van der Waals surface area contributed by atoms with Crippen molar-refractivity contribution in [3.8, 4) is 0 Å². The molecule has 2 nitrogen and oxygen atoms in total. The number of fused-ring (bicyclic) bond motifs is 3. The van der Waals surface area contributed by atoms with Gasteiger partial charge in [-0.3, -0.25) is 0 Å². The molecule has 0 N–H and O–H groups in total. The first-order chi connectivity index (χ1) is 8.54. The second-order valence-electron chi connectivity index (χ2n) is 7.70. The van der Waals surface area contributed by atoms with Gasteiger partial charge in [-0.1, -0.05) is 27.2 Å². The van der Waals surface area contributed by atoms with E-state index in [0.29, 0.717) is 17.6 Å². The third kappa shape index (κ3) is 1.92. The van der Waals surface area contributed by atoms with Crippen molar-refractivity contribution in [1.29, 1.82) is 0 Å². The lowest BCUT2D eigenvalue weighted by Crippen LogP contribution is -2.53. The molecular weight excluding hydrogens is 224 g/mol. The van der Waals surface area contributed by atoms with Gasteiger partial charge in [0.15, 0.2) is 0 Å². The summed E-state index contributed by atoms with van der Waals surface area (Å²) >= 11 is 0. The van der Waals surface area contributed by atoms with Crippen LogP contribution in [0.25, 0.3) is 0 Å². The first-order valence-corrected chi connectivity index (χ1v) is 7.69. The second kappa shape index (κ2) is 4.49. The van der Waals surface area contributed by atoms with Crippen LogP contribution in [0.1, 0.15) is 52.9 Å². The van der Waals surface area contributed by atoms with E-state index < -0.39 is 0 Å². The topological polar surface area (TPSA) is 18.5 Å². The molecular formula is C16H28O2. The molecule has 3 fully saturated rings. The maximum Gasteiger partial charge on any atom is 0.146 e. The highest BCUT2D eigenvalue weighted by Crippen LogP contribution is 2.61. The molecule has 0 aromatic rings. The predicted octanol–water partition coefficient (Wildman–Crippen LogP) is 3.85. The molecule has 0 amide bonds. The Bertz CT molecular complexity index is 312. The van der Waals surface area contributed by atoms with E-state index in [2.05, 4.69) is 20.8 Å². The maximum atomic E-state index is 5.72. The van der Waals surface area contributed by atoms with Crippen LogP contribution in [0.3, 0.4) is 0 Å². The molecule has 2 saturated carbocycles. The standard InChI is InChI=1S/C16H28O2/c1-15(2)7-4-8-16(3)13-10-18-11-17-9-12(13)5-6-14(15)16/h12-14H,4-11H2,1-3H3/t12-,13+,14?,16-/m1/s1. The molecule has 3 aliphatic rings. The molecule has 104 valence electrons. The fraction of sp³-hybridized carbons (Fsp3) is 1.00. The largest absolute Gasteiger partial charge is 0.355 e. The number of ether oxygens (including phenoxy) is 2. The average Bonchev–Trinajstić information content (AvgIpc) is 2.53. The molecule has 1 saturated heterocycles. The van der Waals surface area contributed by atoms with Crippen LogP contribution in [0.2, 0.25) is 0 Å². The summed E-state index contributed by atoms with van der Waals surface area (Å²) in [7, 11) is 0. The van der Waals surface area contributed by atoms with Gasteiger partial charge in [0, 0.05) is 0 Å². The van der Waals surface area contributed by atoms with Crippen molar-refractivity contribution in [2.24, 2.45) is 28.6 Å². The summed E-state index contributed by atoms with van der Waals surface area (Å²) in [4.78, 5) is 0. The summed E-state index contributed by atoms with van der Waals surface area (Å²) in [6.07, 6.45) is 6.93. The predicted molar refractivity (Wildman–Crippen MR) is 72.2 cm³/mol. The van der Waals surface area contributed by atoms with Gasteiger partial charge in [-0.25, -0.2) is 0 Å². The van der Waals surface area contributed by atoms with Crippen LogP contribution in [0, 0.1) is 28.6 Å². The normalized spacial score (nSPS) is 47.8. The van der Waals surface area contributed by atoms with E-state index in [0.717, 1.165) is 31.0 Å². The van der Waals surface area contributed by atoms with Crippen molar-refractivity contribution < 1.29 is 9.47 Å². The minimum atomic E-state index is 0.484. The summed E-state index contributed by atoms with van der Waals surface area (Å²) < 4.78 is 11.3. The van der Waals surface area contributed by atoms with E-state index in [1.807, 2.05) is 0 Å². The number of hydrogen-bond acceptors (Lipinski definition) is 2. The van der Waals surface area contributed by atoms with Gasteiger partial charge in [-0.2, -0.15) is 0 Å². The van der Waals surface area contributed by atoms with Crippen LogP contribution in [0.4, 0.5) is 0 Å². The van der Waals surface area contributed by atoms with E-state index in [-0.39, 0.29) is 0 Å². The fourth-order valence-corrected chi connectivity index (χ4v) is 5.41. The molecule has 0 aromatic carbocycles. The lowest BCUT2D eigenvalue weighted by atomic mass is 9.46. The van der Waals surface area contributed by atoms with E-state index in [9.17, 15) is 0 Å². The Hall–Kier alpha value is -0.0800. The Morgan fingerprint density at radius 1 is 0.944 bits per heavy atom. The molecule has 0 bridgehead atoms. The van der Waals surface area contributed by atoms with Gasteiger partial charge >= 0.3 is 0 Å². The zero-order chi connectivity index (χ0) is 12.8. The molecule has 0 aromatic heterocycles. The Labute approximate surface area is 111 Å². The van der Waals surface area contributed by atoms with Gasteiger partial charge in [0.25, 0.3) is 0 Å². The second-order valence-corrected chi connectivity index (χ2v) is 7.70. The average molecular weight is 252 g/mol. The van der Waals surface area contributed by atoms with E-state index >= 15 is 0 Å². The van der Waals surface area contributed by atoms with Gasteiger partial charge < -0.3 is 9.47 Å². The molecule has 0 spiro atoms. The molecule has 0 radical (unpaired) electrons. The van der Waals surface area contributed by atoms with Gasteiger partial charge in [-0.15, -0.1) is 0 Å². The Balaban J connectivity index is 1.90. The molecule has 18 heavy (non-hydrogen) atoms. The monoisotopic (exact) mass is 252 g/mol. The van der Waals surface area contributed by atoms with Crippen LogP contribution in [0.15, 0.2) is 0 Å².